The fourth-order valence-electron chi connectivity index (χ4n) is 0.599. The molecule has 3 nitrogen and oxygen atoms in total. The standard InChI is InChI=1S/C6H8BrN3.2ClH/c1-4-5(7)3-9-6(2-8)10-4;;/h3H,2,8H2,1H3;2*1H. The van der Waals surface area contributed by atoms with Crippen molar-refractivity contribution in [1.29, 1.82) is 0 Å². The summed E-state index contributed by atoms with van der Waals surface area (Å²) < 4.78 is 0.921. The maximum atomic E-state index is 5.33. The highest BCUT2D eigenvalue weighted by Crippen LogP contribution is 2.10. The van der Waals surface area contributed by atoms with E-state index < -0.39 is 0 Å². The lowest BCUT2D eigenvalue weighted by atomic mass is 10.4. The minimum Gasteiger partial charge on any atom is -0.324 e. The second-order valence-electron chi connectivity index (χ2n) is 1.92. The zero-order valence-electron chi connectivity index (χ0n) is 6.45. The van der Waals surface area contributed by atoms with Gasteiger partial charge in [-0.2, -0.15) is 0 Å². The van der Waals surface area contributed by atoms with E-state index in [2.05, 4.69) is 25.9 Å². The van der Waals surface area contributed by atoms with Crippen LogP contribution in [0.2, 0.25) is 0 Å². The molecule has 0 aliphatic carbocycles. The van der Waals surface area contributed by atoms with Gasteiger partial charge in [-0.05, 0) is 22.9 Å². The monoisotopic (exact) mass is 273 g/mol. The molecule has 70 valence electrons. The third kappa shape index (κ3) is 3.67. The number of hydrogen-bond donors (Lipinski definition) is 1. The minimum absolute atomic E-state index is 0. The molecule has 12 heavy (non-hydrogen) atoms. The molecular weight excluding hydrogens is 265 g/mol. The van der Waals surface area contributed by atoms with E-state index in [1.807, 2.05) is 6.92 Å². The van der Waals surface area contributed by atoms with E-state index in [9.17, 15) is 0 Å². The quantitative estimate of drug-likeness (QED) is 0.850. The van der Waals surface area contributed by atoms with Gasteiger partial charge in [-0.1, -0.05) is 0 Å². The van der Waals surface area contributed by atoms with Crippen LogP contribution in [-0.4, -0.2) is 9.97 Å². The number of rotatable bonds is 1. The summed E-state index contributed by atoms with van der Waals surface area (Å²) in [4.78, 5) is 8.08. The van der Waals surface area contributed by atoms with E-state index in [-0.39, 0.29) is 24.8 Å². The largest absolute Gasteiger partial charge is 0.324 e. The lowest BCUT2D eigenvalue weighted by Crippen LogP contribution is -2.03. The molecule has 0 spiro atoms. The van der Waals surface area contributed by atoms with Gasteiger partial charge in [0.2, 0.25) is 0 Å². The molecule has 1 heterocycles. The van der Waals surface area contributed by atoms with Crippen molar-refractivity contribution in [2.45, 2.75) is 13.5 Å². The van der Waals surface area contributed by atoms with Gasteiger partial charge in [0, 0.05) is 6.20 Å². The number of hydrogen-bond acceptors (Lipinski definition) is 3. The van der Waals surface area contributed by atoms with Gasteiger partial charge in [0.25, 0.3) is 0 Å². The summed E-state index contributed by atoms with van der Waals surface area (Å²) in [7, 11) is 0. The van der Waals surface area contributed by atoms with Crippen LogP contribution in [0.4, 0.5) is 0 Å². The highest BCUT2D eigenvalue weighted by atomic mass is 79.9. The van der Waals surface area contributed by atoms with Crippen molar-refractivity contribution < 1.29 is 0 Å². The first kappa shape index (κ1) is 14.6. The number of nitrogens with two attached hydrogens (primary N) is 1. The molecule has 0 aliphatic heterocycles. The van der Waals surface area contributed by atoms with Crippen molar-refractivity contribution in [3.63, 3.8) is 0 Å². The summed E-state index contributed by atoms with van der Waals surface area (Å²) in [5, 5.41) is 0. The summed E-state index contributed by atoms with van der Waals surface area (Å²) in [6.07, 6.45) is 1.71. The zero-order valence-corrected chi connectivity index (χ0v) is 9.67. The zero-order chi connectivity index (χ0) is 7.56. The predicted octanol–water partition coefficient (Wildman–Crippen LogP) is 1.85. The first-order valence-electron chi connectivity index (χ1n) is 2.92. The van der Waals surface area contributed by atoms with Crippen LogP contribution in [0.1, 0.15) is 11.5 Å². The number of aryl methyl sites for hydroxylation is 1. The molecule has 0 aliphatic rings. The third-order valence-electron chi connectivity index (χ3n) is 1.15. The third-order valence-corrected chi connectivity index (χ3v) is 1.93. The Labute approximate surface area is 92.1 Å². The maximum Gasteiger partial charge on any atom is 0.142 e. The van der Waals surface area contributed by atoms with Crippen LogP contribution in [0.5, 0.6) is 0 Å². The number of aromatic nitrogens is 2. The minimum atomic E-state index is 0. The smallest absolute Gasteiger partial charge is 0.142 e. The highest BCUT2D eigenvalue weighted by Gasteiger charge is 1.96. The maximum absolute atomic E-state index is 5.33. The van der Waals surface area contributed by atoms with Crippen molar-refractivity contribution in [3.05, 3.63) is 22.2 Å². The van der Waals surface area contributed by atoms with Crippen LogP contribution in [-0.2, 0) is 6.54 Å². The summed E-state index contributed by atoms with van der Waals surface area (Å²) in [6.45, 7) is 2.30. The van der Waals surface area contributed by atoms with E-state index >= 15 is 0 Å². The Hall–Kier alpha value is 0.100. The van der Waals surface area contributed by atoms with Crippen molar-refractivity contribution in [2.24, 2.45) is 5.73 Å². The first-order chi connectivity index (χ1) is 4.74. The van der Waals surface area contributed by atoms with Crippen molar-refractivity contribution in [3.8, 4) is 0 Å². The summed E-state index contributed by atoms with van der Waals surface area (Å²) in [5.74, 6) is 0.681. The Kier molecular flexibility index (Phi) is 8.04. The van der Waals surface area contributed by atoms with Crippen molar-refractivity contribution in [2.75, 3.05) is 0 Å². The van der Waals surface area contributed by atoms with Gasteiger partial charge < -0.3 is 5.73 Å². The highest BCUT2D eigenvalue weighted by molar-refractivity contribution is 9.10. The second kappa shape index (κ2) is 6.60. The van der Waals surface area contributed by atoms with Gasteiger partial charge in [0.1, 0.15) is 5.82 Å². The Morgan fingerprint density at radius 2 is 2.08 bits per heavy atom. The molecule has 1 rings (SSSR count). The predicted molar refractivity (Wildman–Crippen MR) is 56.9 cm³/mol. The Morgan fingerprint density at radius 1 is 1.50 bits per heavy atom. The second-order valence-corrected chi connectivity index (χ2v) is 2.78. The lowest BCUT2D eigenvalue weighted by molar-refractivity contribution is 0.885. The number of nitrogens with zero attached hydrogens (tertiary/aromatic N) is 2. The molecule has 0 bridgehead atoms. The average Bonchev–Trinajstić information content (AvgIpc) is 1.95. The first-order valence-corrected chi connectivity index (χ1v) is 3.71. The van der Waals surface area contributed by atoms with Gasteiger partial charge >= 0.3 is 0 Å². The fraction of sp³-hybridized carbons (Fsp3) is 0.333. The molecule has 0 unspecified atom stereocenters. The van der Waals surface area contributed by atoms with E-state index in [1.54, 1.807) is 6.20 Å². The van der Waals surface area contributed by atoms with E-state index in [1.165, 1.54) is 0 Å². The van der Waals surface area contributed by atoms with Crippen LogP contribution in [0.25, 0.3) is 0 Å². The topological polar surface area (TPSA) is 51.8 Å². The molecule has 6 heteroatoms. The molecule has 0 radical (unpaired) electrons. The Balaban J connectivity index is 0. The lowest BCUT2D eigenvalue weighted by Gasteiger charge is -1.97. The van der Waals surface area contributed by atoms with Gasteiger partial charge in [0.05, 0.1) is 16.7 Å². The molecule has 2 N–H and O–H groups in total. The van der Waals surface area contributed by atoms with Gasteiger partial charge in [-0.3, -0.25) is 0 Å². The molecule has 1 aromatic heterocycles. The average molecular weight is 275 g/mol. The van der Waals surface area contributed by atoms with Crippen LogP contribution in [0.3, 0.4) is 0 Å². The molecule has 0 fully saturated rings. The molecular formula is C6H10BrCl2N3. The molecule has 0 atom stereocenters. The summed E-state index contributed by atoms with van der Waals surface area (Å²) >= 11 is 3.29. The van der Waals surface area contributed by atoms with Gasteiger partial charge in [-0.15, -0.1) is 24.8 Å². The molecule has 1 aromatic rings. The van der Waals surface area contributed by atoms with Gasteiger partial charge in [0.15, 0.2) is 0 Å². The van der Waals surface area contributed by atoms with Crippen LogP contribution in [0.15, 0.2) is 10.7 Å². The molecule has 0 aromatic carbocycles. The Bertz CT molecular complexity index is 244. The van der Waals surface area contributed by atoms with Crippen molar-refractivity contribution in [1.82, 2.24) is 9.97 Å². The normalized spacial score (nSPS) is 8.25. The number of halogens is 3. The van der Waals surface area contributed by atoms with E-state index in [0.29, 0.717) is 12.4 Å². The fourth-order valence-corrected chi connectivity index (χ4v) is 0.790. The molecule has 0 saturated carbocycles. The molecule has 0 saturated heterocycles. The van der Waals surface area contributed by atoms with Crippen LogP contribution >= 0.6 is 40.7 Å². The van der Waals surface area contributed by atoms with E-state index in [0.717, 1.165) is 10.2 Å². The summed E-state index contributed by atoms with van der Waals surface area (Å²) in [5.41, 5.74) is 6.25. The van der Waals surface area contributed by atoms with E-state index in [4.69, 9.17) is 5.73 Å². The van der Waals surface area contributed by atoms with Crippen molar-refractivity contribution >= 4 is 40.7 Å². The molecule has 0 amide bonds. The SMILES string of the molecule is Cc1nc(CN)ncc1Br.Cl.Cl. The summed E-state index contributed by atoms with van der Waals surface area (Å²) in [6, 6.07) is 0. The Morgan fingerprint density at radius 3 is 2.50 bits per heavy atom. The van der Waals surface area contributed by atoms with Gasteiger partial charge in [-0.25, -0.2) is 9.97 Å². The van der Waals surface area contributed by atoms with Crippen LogP contribution in [0, 0.1) is 6.92 Å². The van der Waals surface area contributed by atoms with Crippen LogP contribution < -0.4 is 5.73 Å².